The number of rotatable bonds is 6. The summed E-state index contributed by atoms with van der Waals surface area (Å²) in [5.41, 5.74) is 2.07. The number of nitrogens with zero attached hydrogens (tertiary/aromatic N) is 1. The van der Waals surface area contributed by atoms with Crippen molar-refractivity contribution in [1.29, 1.82) is 0 Å². The second-order valence-electron chi connectivity index (χ2n) is 6.04. The highest BCUT2D eigenvalue weighted by molar-refractivity contribution is 5.24. The fraction of sp³-hybridized carbons (Fsp3) is 0.625. The van der Waals surface area contributed by atoms with Gasteiger partial charge in [-0.2, -0.15) is 0 Å². The van der Waals surface area contributed by atoms with Gasteiger partial charge < -0.3 is 5.11 Å². The molecule has 1 aromatic carbocycles. The Morgan fingerprint density at radius 1 is 1.22 bits per heavy atom. The molecule has 0 saturated heterocycles. The standard InChI is InChI=1S/C16H27NO/c1-6-13(2)15-9-7-14(8-10-15)11-17(5)12-16(3,4)18/h7-10,13,18H,6,11-12H2,1-5H3. The summed E-state index contributed by atoms with van der Waals surface area (Å²) < 4.78 is 0. The van der Waals surface area contributed by atoms with E-state index in [0.29, 0.717) is 12.5 Å². The Kier molecular flexibility index (Phi) is 5.36. The normalized spacial score (nSPS) is 13.9. The van der Waals surface area contributed by atoms with Crippen LogP contribution < -0.4 is 0 Å². The van der Waals surface area contributed by atoms with E-state index in [-0.39, 0.29) is 0 Å². The highest BCUT2D eigenvalue weighted by Crippen LogP contribution is 2.19. The summed E-state index contributed by atoms with van der Waals surface area (Å²) in [6.07, 6.45) is 1.18. The summed E-state index contributed by atoms with van der Waals surface area (Å²) in [6.45, 7) is 9.72. The number of hydrogen-bond acceptors (Lipinski definition) is 2. The summed E-state index contributed by atoms with van der Waals surface area (Å²) in [4.78, 5) is 2.15. The van der Waals surface area contributed by atoms with Crippen LogP contribution in [-0.4, -0.2) is 29.2 Å². The van der Waals surface area contributed by atoms with Gasteiger partial charge in [-0.05, 0) is 44.4 Å². The predicted octanol–water partition coefficient (Wildman–Crippen LogP) is 3.40. The van der Waals surface area contributed by atoms with Crippen LogP contribution in [0.1, 0.15) is 51.2 Å². The highest BCUT2D eigenvalue weighted by Gasteiger charge is 2.15. The lowest BCUT2D eigenvalue weighted by atomic mass is 9.97. The Labute approximate surface area is 112 Å². The van der Waals surface area contributed by atoms with Crippen molar-refractivity contribution < 1.29 is 5.11 Å². The van der Waals surface area contributed by atoms with Crippen molar-refractivity contribution in [2.75, 3.05) is 13.6 Å². The molecule has 1 rings (SSSR count). The van der Waals surface area contributed by atoms with E-state index < -0.39 is 5.60 Å². The van der Waals surface area contributed by atoms with Gasteiger partial charge >= 0.3 is 0 Å². The first-order chi connectivity index (χ1) is 8.31. The van der Waals surface area contributed by atoms with Crippen molar-refractivity contribution in [3.63, 3.8) is 0 Å². The van der Waals surface area contributed by atoms with Crippen molar-refractivity contribution in [2.24, 2.45) is 0 Å². The van der Waals surface area contributed by atoms with Crippen LogP contribution in [0.25, 0.3) is 0 Å². The minimum Gasteiger partial charge on any atom is -0.389 e. The third-order valence-corrected chi connectivity index (χ3v) is 3.27. The highest BCUT2D eigenvalue weighted by atomic mass is 16.3. The van der Waals surface area contributed by atoms with Gasteiger partial charge in [0.2, 0.25) is 0 Å². The molecular formula is C16H27NO. The fourth-order valence-electron chi connectivity index (χ4n) is 2.22. The zero-order valence-electron chi connectivity index (χ0n) is 12.4. The molecule has 0 amide bonds. The van der Waals surface area contributed by atoms with Crippen molar-refractivity contribution in [2.45, 2.75) is 52.2 Å². The SMILES string of the molecule is CCC(C)c1ccc(CN(C)CC(C)(C)O)cc1. The molecule has 0 aliphatic rings. The van der Waals surface area contributed by atoms with E-state index in [9.17, 15) is 5.11 Å². The quantitative estimate of drug-likeness (QED) is 0.835. The zero-order chi connectivity index (χ0) is 13.8. The lowest BCUT2D eigenvalue weighted by Crippen LogP contribution is -2.35. The number of hydrogen-bond donors (Lipinski definition) is 1. The summed E-state index contributed by atoms with van der Waals surface area (Å²) in [5, 5.41) is 9.77. The molecule has 0 saturated carbocycles. The van der Waals surface area contributed by atoms with Crippen LogP contribution in [0.15, 0.2) is 24.3 Å². The Hall–Kier alpha value is -0.860. The smallest absolute Gasteiger partial charge is 0.0718 e. The molecule has 1 atom stereocenters. The maximum atomic E-state index is 9.77. The average molecular weight is 249 g/mol. The third kappa shape index (κ3) is 5.19. The van der Waals surface area contributed by atoms with E-state index in [1.54, 1.807) is 0 Å². The second kappa shape index (κ2) is 6.35. The van der Waals surface area contributed by atoms with E-state index in [0.717, 1.165) is 6.54 Å². The van der Waals surface area contributed by atoms with Crippen LogP contribution in [0, 0.1) is 0 Å². The van der Waals surface area contributed by atoms with Crippen LogP contribution in [0.4, 0.5) is 0 Å². The first-order valence-electron chi connectivity index (χ1n) is 6.81. The number of likely N-dealkylation sites (N-methyl/N-ethyl adjacent to an activating group) is 1. The molecule has 102 valence electrons. The predicted molar refractivity (Wildman–Crippen MR) is 77.8 cm³/mol. The molecule has 0 heterocycles. The van der Waals surface area contributed by atoms with E-state index in [2.05, 4.69) is 43.0 Å². The Morgan fingerprint density at radius 3 is 2.22 bits per heavy atom. The van der Waals surface area contributed by atoms with Gasteiger partial charge in [0, 0.05) is 13.1 Å². The molecule has 0 aromatic heterocycles. The minimum absolute atomic E-state index is 0.633. The molecule has 1 unspecified atom stereocenters. The van der Waals surface area contributed by atoms with Crippen molar-refractivity contribution >= 4 is 0 Å². The molecule has 2 heteroatoms. The summed E-state index contributed by atoms with van der Waals surface area (Å²) in [6, 6.07) is 8.84. The molecule has 0 bridgehead atoms. The third-order valence-electron chi connectivity index (χ3n) is 3.27. The molecule has 0 aliphatic carbocycles. The van der Waals surface area contributed by atoms with Gasteiger partial charge in [0.05, 0.1) is 5.60 Å². The lowest BCUT2D eigenvalue weighted by Gasteiger charge is -2.25. The van der Waals surface area contributed by atoms with Crippen molar-refractivity contribution in [3.05, 3.63) is 35.4 Å². The second-order valence-corrected chi connectivity index (χ2v) is 6.04. The molecule has 1 aromatic rings. The maximum Gasteiger partial charge on any atom is 0.0718 e. The van der Waals surface area contributed by atoms with Gasteiger partial charge in [-0.1, -0.05) is 38.1 Å². The summed E-state index contributed by atoms with van der Waals surface area (Å²) >= 11 is 0. The minimum atomic E-state index is -0.634. The zero-order valence-corrected chi connectivity index (χ0v) is 12.4. The van der Waals surface area contributed by atoms with Gasteiger partial charge in [-0.3, -0.25) is 4.90 Å². The summed E-state index contributed by atoms with van der Waals surface area (Å²) in [5.74, 6) is 0.633. The summed E-state index contributed by atoms with van der Waals surface area (Å²) in [7, 11) is 2.04. The molecule has 1 N–H and O–H groups in total. The van der Waals surface area contributed by atoms with E-state index in [1.165, 1.54) is 17.5 Å². The Balaban J connectivity index is 2.58. The Bertz CT molecular complexity index is 350. The van der Waals surface area contributed by atoms with Gasteiger partial charge in [0.25, 0.3) is 0 Å². The van der Waals surface area contributed by atoms with Crippen LogP contribution in [-0.2, 0) is 6.54 Å². The Morgan fingerprint density at radius 2 is 1.78 bits per heavy atom. The van der Waals surface area contributed by atoms with Gasteiger partial charge in [0.1, 0.15) is 0 Å². The molecular weight excluding hydrogens is 222 g/mol. The number of aliphatic hydroxyl groups is 1. The maximum absolute atomic E-state index is 9.77. The monoisotopic (exact) mass is 249 g/mol. The molecule has 0 fully saturated rings. The van der Waals surface area contributed by atoms with Crippen LogP contribution in [0.5, 0.6) is 0 Å². The molecule has 0 spiro atoms. The average Bonchev–Trinajstić information content (AvgIpc) is 2.26. The fourth-order valence-corrected chi connectivity index (χ4v) is 2.22. The molecule has 18 heavy (non-hydrogen) atoms. The van der Waals surface area contributed by atoms with E-state index >= 15 is 0 Å². The molecule has 0 radical (unpaired) electrons. The molecule has 0 aliphatic heterocycles. The van der Waals surface area contributed by atoms with E-state index in [1.807, 2.05) is 20.9 Å². The van der Waals surface area contributed by atoms with Crippen LogP contribution in [0.2, 0.25) is 0 Å². The van der Waals surface area contributed by atoms with Crippen LogP contribution in [0.3, 0.4) is 0 Å². The topological polar surface area (TPSA) is 23.5 Å². The van der Waals surface area contributed by atoms with Gasteiger partial charge in [-0.25, -0.2) is 0 Å². The van der Waals surface area contributed by atoms with Crippen molar-refractivity contribution in [1.82, 2.24) is 4.90 Å². The van der Waals surface area contributed by atoms with Crippen molar-refractivity contribution in [3.8, 4) is 0 Å². The van der Waals surface area contributed by atoms with Gasteiger partial charge in [-0.15, -0.1) is 0 Å². The molecule has 2 nitrogen and oxygen atoms in total. The first kappa shape index (κ1) is 15.2. The lowest BCUT2D eigenvalue weighted by molar-refractivity contribution is 0.0425. The number of benzene rings is 1. The largest absolute Gasteiger partial charge is 0.389 e. The first-order valence-corrected chi connectivity index (χ1v) is 6.81. The van der Waals surface area contributed by atoms with Gasteiger partial charge in [0.15, 0.2) is 0 Å². The van der Waals surface area contributed by atoms with Crippen LogP contribution >= 0.6 is 0 Å². The van der Waals surface area contributed by atoms with E-state index in [4.69, 9.17) is 0 Å².